The van der Waals surface area contributed by atoms with Crippen LogP contribution in [0.3, 0.4) is 0 Å². The third-order valence-corrected chi connectivity index (χ3v) is 3.72. The summed E-state index contributed by atoms with van der Waals surface area (Å²) in [5.41, 5.74) is 9.36. The summed E-state index contributed by atoms with van der Waals surface area (Å²) >= 11 is 0. The second kappa shape index (κ2) is 7.00. The Bertz CT molecular complexity index is 1050. The summed E-state index contributed by atoms with van der Waals surface area (Å²) in [6.07, 6.45) is 0. The van der Waals surface area contributed by atoms with Crippen LogP contribution in [0.2, 0.25) is 0 Å². The van der Waals surface area contributed by atoms with Gasteiger partial charge in [-0.25, -0.2) is 4.79 Å². The molecule has 2 aromatic carbocycles. The van der Waals surface area contributed by atoms with Gasteiger partial charge in [0.2, 0.25) is 0 Å². The number of nitrogens with zero attached hydrogens (tertiary/aromatic N) is 2. The number of anilines is 1. The highest BCUT2D eigenvalue weighted by atomic mass is 16.1. The van der Waals surface area contributed by atoms with E-state index in [1.54, 1.807) is 0 Å². The normalized spacial score (nSPS) is 10.3. The molecule has 0 aliphatic heterocycles. The fraction of sp³-hybridized carbons (Fsp3) is 0.105. The van der Waals surface area contributed by atoms with E-state index in [-0.39, 0.29) is 5.69 Å². The Hall–Kier alpha value is -3.41. The lowest BCUT2D eigenvalue weighted by Gasteiger charge is -2.05. The number of nitrogen functional groups attached to an aromatic ring is 1. The Morgan fingerprint density at radius 3 is 2.48 bits per heavy atom. The zero-order valence-corrected chi connectivity index (χ0v) is 14.1. The topological polar surface area (TPSA) is 100 Å². The highest BCUT2D eigenvalue weighted by molar-refractivity contribution is 5.92. The number of aromatic amines is 2. The van der Waals surface area contributed by atoms with Crippen molar-refractivity contribution in [2.75, 3.05) is 5.73 Å². The minimum Gasteiger partial charge on any atom is -0.382 e. The van der Waals surface area contributed by atoms with Gasteiger partial charge in [0.25, 0.3) is 0 Å². The molecule has 0 radical (unpaired) electrons. The van der Waals surface area contributed by atoms with E-state index in [4.69, 9.17) is 5.73 Å². The lowest BCUT2D eigenvalue weighted by atomic mass is 10.1. The number of fused-ring (bicyclic) bond motifs is 1. The maximum atomic E-state index is 11.9. The van der Waals surface area contributed by atoms with Crippen LogP contribution in [0.1, 0.15) is 13.8 Å². The first kappa shape index (κ1) is 16.4. The second-order valence-electron chi connectivity index (χ2n) is 5.22. The molecule has 4 rings (SSSR count). The minimum atomic E-state index is -0.387. The maximum absolute atomic E-state index is 11.9. The molecule has 0 unspecified atom stereocenters. The molecule has 0 aliphatic carbocycles. The van der Waals surface area contributed by atoms with Gasteiger partial charge in [-0.3, -0.25) is 5.10 Å². The van der Waals surface area contributed by atoms with Gasteiger partial charge in [-0.2, -0.15) is 10.1 Å². The summed E-state index contributed by atoms with van der Waals surface area (Å²) in [5.74, 6) is 0.426. The van der Waals surface area contributed by atoms with Gasteiger partial charge in [-0.15, -0.1) is 0 Å². The highest BCUT2D eigenvalue weighted by Crippen LogP contribution is 2.26. The van der Waals surface area contributed by atoms with E-state index in [0.29, 0.717) is 11.5 Å². The third-order valence-electron chi connectivity index (χ3n) is 3.72. The Labute approximate surface area is 144 Å². The number of rotatable bonds is 2. The van der Waals surface area contributed by atoms with Crippen molar-refractivity contribution in [2.24, 2.45) is 0 Å². The average molecular weight is 333 g/mol. The van der Waals surface area contributed by atoms with Crippen LogP contribution < -0.4 is 11.4 Å². The monoisotopic (exact) mass is 333 g/mol. The summed E-state index contributed by atoms with van der Waals surface area (Å²) in [4.78, 5) is 18.8. The van der Waals surface area contributed by atoms with E-state index in [0.717, 1.165) is 27.7 Å². The van der Waals surface area contributed by atoms with Crippen molar-refractivity contribution < 1.29 is 0 Å². The quantitative estimate of drug-likeness (QED) is 0.522. The molecule has 4 N–H and O–H groups in total. The molecule has 0 saturated carbocycles. The van der Waals surface area contributed by atoms with E-state index in [1.807, 2.05) is 68.4 Å². The van der Waals surface area contributed by atoms with E-state index in [2.05, 4.69) is 20.2 Å². The number of hydrogen-bond donors (Lipinski definition) is 3. The number of nitrogens with two attached hydrogens (primary N) is 1. The van der Waals surface area contributed by atoms with Crippen molar-refractivity contribution in [1.82, 2.24) is 20.2 Å². The van der Waals surface area contributed by atoms with Crippen molar-refractivity contribution in [3.05, 3.63) is 65.1 Å². The van der Waals surface area contributed by atoms with Crippen molar-refractivity contribution in [3.8, 4) is 22.5 Å². The number of benzene rings is 2. The third kappa shape index (κ3) is 3.28. The molecule has 0 saturated heterocycles. The summed E-state index contributed by atoms with van der Waals surface area (Å²) < 4.78 is 0. The van der Waals surface area contributed by atoms with Gasteiger partial charge in [0.1, 0.15) is 0 Å². The van der Waals surface area contributed by atoms with Gasteiger partial charge >= 0.3 is 5.69 Å². The molecule has 0 spiro atoms. The van der Waals surface area contributed by atoms with E-state index in [9.17, 15) is 4.79 Å². The predicted molar refractivity (Wildman–Crippen MR) is 101 cm³/mol. The Morgan fingerprint density at radius 2 is 1.72 bits per heavy atom. The maximum Gasteiger partial charge on any atom is 0.345 e. The van der Waals surface area contributed by atoms with Crippen LogP contribution in [0.4, 0.5) is 5.82 Å². The zero-order valence-electron chi connectivity index (χ0n) is 14.1. The molecule has 0 atom stereocenters. The summed E-state index contributed by atoms with van der Waals surface area (Å²) in [7, 11) is 0. The Kier molecular flexibility index (Phi) is 4.61. The van der Waals surface area contributed by atoms with Crippen LogP contribution in [0.15, 0.2) is 59.4 Å². The van der Waals surface area contributed by atoms with Crippen LogP contribution in [0, 0.1) is 0 Å². The van der Waals surface area contributed by atoms with Gasteiger partial charge in [-0.1, -0.05) is 50.2 Å². The highest BCUT2D eigenvalue weighted by Gasteiger charge is 2.08. The first-order valence-corrected chi connectivity index (χ1v) is 8.11. The van der Waals surface area contributed by atoms with Crippen molar-refractivity contribution in [1.29, 1.82) is 0 Å². The molecule has 4 aromatic rings. The van der Waals surface area contributed by atoms with E-state index >= 15 is 0 Å². The van der Waals surface area contributed by atoms with Gasteiger partial charge < -0.3 is 10.7 Å². The SMILES string of the molecule is CC.Nc1n[nH]c2ccc(-c3cc(-c4ccccc4)[nH]c(=O)n3)cc12. The van der Waals surface area contributed by atoms with E-state index < -0.39 is 0 Å². The Balaban J connectivity index is 0.000000880. The second-order valence-corrected chi connectivity index (χ2v) is 5.22. The van der Waals surface area contributed by atoms with Crippen LogP contribution in [0.25, 0.3) is 33.4 Å². The number of nitrogens with one attached hydrogen (secondary N) is 2. The molecule has 0 bridgehead atoms. The fourth-order valence-corrected chi connectivity index (χ4v) is 2.57. The summed E-state index contributed by atoms with van der Waals surface area (Å²) in [6, 6.07) is 17.1. The molecular formula is C19H19N5O. The smallest absolute Gasteiger partial charge is 0.345 e. The van der Waals surface area contributed by atoms with Gasteiger partial charge in [0.05, 0.1) is 16.9 Å². The van der Waals surface area contributed by atoms with Crippen molar-refractivity contribution in [3.63, 3.8) is 0 Å². The zero-order chi connectivity index (χ0) is 17.8. The minimum absolute atomic E-state index is 0.387. The van der Waals surface area contributed by atoms with Gasteiger partial charge in [0.15, 0.2) is 5.82 Å². The van der Waals surface area contributed by atoms with Crippen LogP contribution in [-0.2, 0) is 0 Å². The molecule has 25 heavy (non-hydrogen) atoms. The molecular weight excluding hydrogens is 314 g/mol. The molecule has 2 aromatic heterocycles. The standard InChI is InChI=1S/C17H13N5O.C2H6/c18-16-12-8-11(6-7-13(12)21-22-16)15-9-14(19-17(23)20-15)10-4-2-1-3-5-10;1-2/h1-9H,(H3,18,21,22)(H,19,20,23);1-2H3. The number of hydrogen-bond acceptors (Lipinski definition) is 4. The predicted octanol–water partition coefficient (Wildman–Crippen LogP) is 3.59. The molecule has 0 amide bonds. The summed E-state index contributed by atoms with van der Waals surface area (Å²) in [5, 5.41) is 7.64. The Morgan fingerprint density at radius 1 is 0.960 bits per heavy atom. The molecule has 6 nitrogen and oxygen atoms in total. The van der Waals surface area contributed by atoms with Crippen LogP contribution in [-0.4, -0.2) is 20.2 Å². The lowest BCUT2D eigenvalue weighted by molar-refractivity contribution is 1.09. The van der Waals surface area contributed by atoms with Gasteiger partial charge in [-0.05, 0) is 23.8 Å². The van der Waals surface area contributed by atoms with Crippen LogP contribution >= 0.6 is 0 Å². The average Bonchev–Trinajstić information content (AvgIpc) is 3.04. The van der Waals surface area contributed by atoms with Gasteiger partial charge in [0, 0.05) is 10.9 Å². The van der Waals surface area contributed by atoms with Crippen molar-refractivity contribution >= 4 is 16.7 Å². The molecule has 126 valence electrons. The van der Waals surface area contributed by atoms with E-state index in [1.165, 1.54) is 0 Å². The molecule has 6 heteroatoms. The van der Waals surface area contributed by atoms with Crippen molar-refractivity contribution in [2.45, 2.75) is 13.8 Å². The molecule has 0 aliphatic rings. The molecule has 0 fully saturated rings. The van der Waals surface area contributed by atoms with Crippen LogP contribution in [0.5, 0.6) is 0 Å². The molecule has 2 heterocycles. The summed E-state index contributed by atoms with van der Waals surface area (Å²) in [6.45, 7) is 4.00. The first-order chi connectivity index (χ1) is 12.2. The number of H-pyrrole nitrogens is 2. The lowest BCUT2D eigenvalue weighted by Crippen LogP contribution is -2.11. The largest absolute Gasteiger partial charge is 0.382 e. The first-order valence-electron chi connectivity index (χ1n) is 8.11. The fourth-order valence-electron chi connectivity index (χ4n) is 2.57. The number of aromatic nitrogens is 4.